The predicted octanol–water partition coefficient (Wildman–Crippen LogP) is 0.895. The van der Waals surface area contributed by atoms with Gasteiger partial charge in [-0.05, 0) is 29.5 Å². The van der Waals surface area contributed by atoms with Crippen molar-refractivity contribution in [2.45, 2.75) is 39.5 Å². The minimum atomic E-state index is -0.221. The maximum atomic E-state index is 13.5. The molecule has 3 heteroatoms. The zero-order chi connectivity index (χ0) is 10.9. The Kier molecular flexibility index (Phi) is 5.86. The van der Waals surface area contributed by atoms with Crippen molar-refractivity contribution in [2.75, 3.05) is 0 Å². The third-order valence-electron chi connectivity index (χ3n) is 2.37. The zero-order valence-electron chi connectivity index (χ0n) is 11.1. The van der Waals surface area contributed by atoms with Gasteiger partial charge in [0.05, 0.1) is 0 Å². The van der Waals surface area contributed by atoms with Crippen molar-refractivity contribution in [1.29, 1.82) is 0 Å². The van der Waals surface area contributed by atoms with Crippen LogP contribution in [-0.2, 0) is 0 Å². The van der Waals surface area contributed by atoms with Gasteiger partial charge in [-0.15, -0.1) is 0 Å². The Labute approximate surface area is 114 Å². The SMILES string of the molecule is CC(C)c1c(O)ccc(F)c1C(C)C.[H-].[Na+]. The van der Waals surface area contributed by atoms with E-state index < -0.39 is 0 Å². The molecule has 80 valence electrons. The molecule has 1 nitrogen and oxygen atoms in total. The molecular formula is C12H18FNaO. The number of phenols is 1. The summed E-state index contributed by atoms with van der Waals surface area (Å²) in [7, 11) is 0. The van der Waals surface area contributed by atoms with E-state index >= 15 is 0 Å². The second-order valence-electron chi connectivity index (χ2n) is 4.20. The molecule has 0 aliphatic carbocycles. The topological polar surface area (TPSA) is 20.2 Å². The number of hydrogen-bond donors (Lipinski definition) is 1. The van der Waals surface area contributed by atoms with Gasteiger partial charge in [0.2, 0.25) is 0 Å². The second kappa shape index (κ2) is 5.88. The molecule has 0 atom stereocenters. The Morgan fingerprint density at radius 1 is 1.07 bits per heavy atom. The fourth-order valence-electron chi connectivity index (χ4n) is 1.79. The van der Waals surface area contributed by atoms with Gasteiger partial charge in [0, 0.05) is 5.56 Å². The molecule has 0 aliphatic rings. The van der Waals surface area contributed by atoms with Gasteiger partial charge in [-0.1, -0.05) is 27.7 Å². The molecule has 0 fully saturated rings. The van der Waals surface area contributed by atoms with Crippen molar-refractivity contribution in [2.24, 2.45) is 0 Å². The molecule has 0 spiro atoms. The molecule has 0 heterocycles. The Bertz CT molecular complexity index is 307. The third-order valence-corrected chi connectivity index (χ3v) is 2.37. The molecule has 15 heavy (non-hydrogen) atoms. The first-order chi connectivity index (χ1) is 6.45. The normalized spacial score (nSPS) is 10.6. The van der Waals surface area contributed by atoms with Crippen molar-refractivity contribution in [3.8, 4) is 5.75 Å². The molecule has 1 aromatic rings. The van der Waals surface area contributed by atoms with Crippen molar-refractivity contribution in [3.05, 3.63) is 29.1 Å². The van der Waals surface area contributed by atoms with Crippen LogP contribution < -0.4 is 29.6 Å². The summed E-state index contributed by atoms with van der Waals surface area (Å²) in [5.74, 6) is 0.217. The van der Waals surface area contributed by atoms with Gasteiger partial charge in [0.1, 0.15) is 11.6 Å². The van der Waals surface area contributed by atoms with Crippen LogP contribution in [0.15, 0.2) is 12.1 Å². The maximum absolute atomic E-state index is 13.5. The molecule has 0 unspecified atom stereocenters. The Morgan fingerprint density at radius 2 is 1.53 bits per heavy atom. The van der Waals surface area contributed by atoms with Gasteiger partial charge in [-0.3, -0.25) is 0 Å². The Hall–Kier alpha value is -0.0500. The first-order valence-corrected chi connectivity index (χ1v) is 4.96. The summed E-state index contributed by atoms with van der Waals surface area (Å²) in [6.45, 7) is 7.79. The fourth-order valence-corrected chi connectivity index (χ4v) is 1.79. The summed E-state index contributed by atoms with van der Waals surface area (Å²) in [4.78, 5) is 0. The molecule has 0 saturated heterocycles. The largest absolute Gasteiger partial charge is 1.00 e. The van der Waals surface area contributed by atoms with Crippen molar-refractivity contribution in [3.63, 3.8) is 0 Å². The Morgan fingerprint density at radius 3 is 1.87 bits per heavy atom. The third kappa shape index (κ3) is 3.20. The van der Waals surface area contributed by atoms with Crippen molar-refractivity contribution < 1.29 is 40.5 Å². The maximum Gasteiger partial charge on any atom is 1.00 e. The van der Waals surface area contributed by atoms with Gasteiger partial charge in [-0.25, -0.2) is 4.39 Å². The summed E-state index contributed by atoms with van der Waals surface area (Å²) in [6.07, 6.45) is 0. The van der Waals surface area contributed by atoms with E-state index in [1.807, 2.05) is 27.7 Å². The number of aromatic hydroxyl groups is 1. The van der Waals surface area contributed by atoms with Gasteiger partial charge in [-0.2, -0.15) is 0 Å². The minimum absolute atomic E-state index is 0. The van der Waals surface area contributed by atoms with E-state index in [0.29, 0.717) is 5.56 Å². The molecular weight excluding hydrogens is 202 g/mol. The first-order valence-electron chi connectivity index (χ1n) is 4.96. The first kappa shape index (κ1) is 14.9. The molecule has 1 N–H and O–H groups in total. The Balaban J connectivity index is 0. The van der Waals surface area contributed by atoms with Crippen molar-refractivity contribution >= 4 is 0 Å². The molecule has 0 saturated carbocycles. The van der Waals surface area contributed by atoms with E-state index in [1.54, 1.807) is 0 Å². The van der Waals surface area contributed by atoms with Gasteiger partial charge in [0.25, 0.3) is 0 Å². The smallest absolute Gasteiger partial charge is 1.00 e. The van der Waals surface area contributed by atoms with Gasteiger partial charge in [0.15, 0.2) is 0 Å². The number of phenolic OH excluding ortho intramolecular Hbond substituents is 1. The van der Waals surface area contributed by atoms with Crippen LogP contribution in [0.3, 0.4) is 0 Å². The predicted molar refractivity (Wildman–Crippen MR) is 57.4 cm³/mol. The monoisotopic (exact) mass is 220 g/mol. The molecule has 0 aliphatic heterocycles. The summed E-state index contributed by atoms with van der Waals surface area (Å²) in [5.41, 5.74) is 1.38. The van der Waals surface area contributed by atoms with Crippen LogP contribution in [-0.4, -0.2) is 5.11 Å². The molecule has 0 amide bonds. The quantitative estimate of drug-likeness (QED) is 0.734. The summed E-state index contributed by atoms with van der Waals surface area (Å²) < 4.78 is 13.5. The summed E-state index contributed by atoms with van der Waals surface area (Å²) >= 11 is 0. The standard InChI is InChI=1S/C12H17FO.Na.H/c1-7(2)11-9(13)5-6-10(14)12(11)8(3)4;;/h5-8,14H,1-4H3;;/q;+1;-1. The average Bonchev–Trinajstić information content (AvgIpc) is 2.07. The molecule has 0 radical (unpaired) electrons. The minimum Gasteiger partial charge on any atom is -1.00 e. The molecule has 1 rings (SSSR count). The van der Waals surface area contributed by atoms with E-state index in [9.17, 15) is 9.50 Å². The van der Waals surface area contributed by atoms with E-state index in [-0.39, 0.29) is 54.4 Å². The second-order valence-corrected chi connectivity index (χ2v) is 4.20. The number of halogens is 1. The fraction of sp³-hybridized carbons (Fsp3) is 0.500. The van der Waals surface area contributed by atoms with Crippen LogP contribution in [0.4, 0.5) is 4.39 Å². The van der Waals surface area contributed by atoms with E-state index in [2.05, 4.69) is 0 Å². The van der Waals surface area contributed by atoms with E-state index in [1.165, 1.54) is 12.1 Å². The zero-order valence-corrected chi connectivity index (χ0v) is 12.1. The van der Waals surface area contributed by atoms with Crippen LogP contribution in [0.5, 0.6) is 5.75 Å². The summed E-state index contributed by atoms with van der Waals surface area (Å²) in [6, 6.07) is 2.76. The number of rotatable bonds is 2. The van der Waals surface area contributed by atoms with Crippen LogP contribution in [0.1, 0.15) is 52.1 Å². The molecule has 1 aromatic carbocycles. The van der Waals surface area contributed by atoms with Gasteiger partial charge >= 0.3 is 29.6 Å². The van der Waals surface area contributed by atoms with Crippen molar-refractivity contribution in [1.82, 2.24) is 0 Å². The summed E-state index contributed by atoms with van der Waals surface area (Å²) in [5, 5.41) is 9.67. The van der Waals surface area contributed by atoms with Crippen LogP contribution in [0.25, 0.3) is 0 Å². The average molecular weight is 220 g/mol. The van der Waals surface area contributed by atoms with Crippen LogP contribution in [0, 0.1) is 5.82 Å². The number of benzene rings is 1. The van der Waals surface area contributed by atoms with Crippen LogP contribution in [0.2, 0.25) is 0 Å². The van der Waals surface area contributed by atoms with Gasteiger partial charge < -0.3 is 6.53 Å². The number of hydrogen-bond acceptors (Lipinski definition) is 1. The molecule has 0 aromatic heterocycles. The van der Waals surface area contributed by atoms with Crippen LogP contribution >= 0.6 is 0 Å². The van der Waals surface area contributed by atoms with E-state index in [4.69, 9.17) is 0 Å². The van der Waals surface area contributed by atoms with E-state index in [0.717, 1.165) is 5.56 Å². The molecule has 0 bridgehead atoms.